The summed E-state index contributed by atoms with van der Waals surface area (Å²) in [5, 5.41) is 8.81. The van der Waals surface area contributed by atoms with Crippen LogP contribution in [0.2, 0.25) is 0 Å². The van der Waals surface area contributed by atoms with Crippen LogP contribution in [0, 0.1) is 0 Å². The largest absolute Gasteiger partial charge is 0.493 e. The molecule has 112 valence electrons. The zero-order valence-corrected chi connectivity index (χ0v) is 12.3. The van der Waals surface area contributed by atoms with Crippen molar-refractivity contribution >= 4 is 27.5 Å². The Kier molecular flexibility index (Phi) is 4.73. The van der Waals surface area contributed by atoms with Gasteiger partial charge in [-0.05, 0) is 28.1 Å². The van der Waals surface area contributed by atoms with Crippen LogP contribution >= 0.6 is 15.9 Å². The Bertz CT molecular complexity index is 648. The Morgan fingerprint density at radius 2 is 2.19 bits per heavy atom. The fourth-order valence-corrected chi connectivity index (χ4v) is 1.93. The van der Waals surface area contributed by atoms with Gasteiger partial charge in [-0.25, -0.2) is 0 Å². The van der Waals surface area contributed by atoms with Gasteiger partial charge in [0.1, 0.15) is 5.69 Å². The van der Waals surface area contributed by atoms with Crippen LogP contribution in [0.1, 0.15) is 10.5 Å². The average Bonchev–Trinajstić information content (AvgIpc) is 2.86. The van der Waals surface area contributed by atoms with E-state index >= 15 is 0 Å². The van der Waals surface area contributed by atoms with E-state index in [4.69, 9.17) is 4.74 Å². The number of rotatable bonds is 5. The highest BCUT2D eigenvalue weighted by Crippen LogP contribution is 2.31. The predicted octanol–water partition coefficient (Wildman–Crippen LogP) is 3.03. The van der Waals surface area contributed by atoms with Gasteiger partial charge in [-0.1, -0.05) is 0 Å². The first-order chi connectivity index (χ1) is 10.0. The minimum atomic E-state index is -2.96. The highest BCUT2D eigenvalue weighted by Gasteiger charge is 2.15. The van der Waals surface area contributed by atoms with Crippen LogP contribution in [-0.4, -0.2) is 29.8 Å². The Labute approximate surface area is 126 Å². The third-order valence-corrected chi connectivity index (χ3v) is 3.06. The van der Waals surface area contributed by atoms with E-state index in [2.05, 4.69) is 36.2 Å². The minimum absolute atomic E-state index is 0.0803. The Morgan fingerprint density at radius 1 is 1.43 bits per heavy atom. The number of carbonyl (C=O) groups is 1. The van der Waals surface area contributed by atoms with Crippen LogP contribution in [-0.2, 0) is 0 Å². The summed E-state index contributed by atoms with van der Waals surface area (Å²) in [7, 11) is 1.31. The van der Waals surface area contributed by atoms with Crippen LogP contribution in [0.3, 0.4) is 0 Å². The van der Waals surface area contributed by atoms with Crippen molar-refractivity contribution in [1.29, 1.82) is 0 Å². The van der Waals surface area contributed by atoms with E-state index in [0.29, 0.717) is 10.2 Å². The topological polar surface area (TPSA) is 76.2 Å². The van der Waals surface area contributed by atoms with Crippen LogP contribution < -0.4 is 14.8 Å². The number of methoxy groups -OCH3 is 1. The highest BCUT2D eigenvalue weighted by molar-refractivity contribution is 9.10. The molecule has 2 rings (SSSR count). The van der Waals surface area contributed by atoms with E-state index in [0.717, 1.165) is 0 Å². The molecule has 0 fully saturated rings. The number of nitrogens with one attached hydrogen (secondary N) is 2. The number of carbonyl (C=O) groups excluding carboxylic acids is 1. The number of benzene rings is 1. The molecule has 1 amide bonds. The molecular weight excluding hydrogens is 352 g/mol. The number of halogens is 3. The standard InChI is InChI=1S/C12H10BrF2N3O3/c1-20-9-4-6(2-3-8(9)21-12(14)15)17-11(19)10-7(13)5-16-18-10/h2-5,12H,1H3,(H,16,18)(H,17,19). The van der Waals surface area contributed by atoms with Crippen molar-refractivity contribution in [3.8, 4) is 11.5 Å². The second-order valence-corrected chi connectivity index (χ2v) is 4.65. The second kappa shape index (κ2) is 6.53. The molecule has 2 aromatic rings. The summed E-state index contributed by atoms with van der Waals surface area (Å²) < 4.78 is 34.2. The predicted molar refractivity (Wildman–Crippen MR) is 73.9 cm³/mol. The molecule has 0 aliphatic rings. The molecule has 1 aromatic carbocycles. The molecule has 0 aliphatic heterocycles. The molecule has 0 aliphatic carbocycles. The average molecular weight is 362 g/mol. The summed E-state index contributed by atoms with van der Waals surface area (Å²) in [6, 6.07) is 4.07. The first kappa shape index (κ1) is 15.2. The van der Waals surface area contributed by atoms with Gasteiger partial charge in [0.25, 0.3) is 5.91 Å². The molecule has 9 heteroatoms. The molecule has 1 heterocycles. The number of ether oxygens (including phenoxy) is 2. The van der Waals surface area contributed by atoms with Crippen molar-refractivity contribution < 1.29 is 23.0 Å². The normalized spacial score (nSPS) is 10.5. The number of alkyl halides is 2. The van der Waals surface area contributed by atoms with Crippen LogP contribution in [0.25, 0.3) is 0 Å². The van der Waals surface area contributed by atoms with Crippen molar-refractivity contribution in [3.05, 3.63) is 34.6 Å². The monoisotopic (exact) mass is 361 g/mol. The summed E-state index contributed by atoms with van der Waals surface area (Å²) in [5.74, 6) is -0.478. The quantitative estimate of drug-likeness (QED) is 0.857. The van der Waals surface area contributed by atoms with Gasteiger partial charge in [-0.15, -0.1) is 0 Å². The molecule has 21 heavy (non-hydrogen) atoms. The van der Waals surface area contributed by atoms with Crippen molar-refractivity contribution in [1.82, 2.24) is 10.2 Å². The zero-order chi connectivity index (χ0) is 15.4. The Morgan fingerprint density at radius 3 is 2.76 bits per heavy atom. The molecule has 0 atom stereocenters. The van der Waals surface area contributed by atoms with Crippen molar-refractivity contribution in [3.63, 3.8) is 0 Å². The molecule has 0 radical (unpaired) electrons. The number of nitrogens with zero attached hydrogens (tertiary/aromatic N) is 1. The number of anilines is 1. The summed E-state index contributed by atoms with van der Waals surface area (Å²) in [4.78, 5) is 12.0. The fourth-order valence-electron chi connectivity index (χ4n) is 1.56. The van der Waals surface area contributed by atoms with Gasteiger partial charge in [-0.2, -0.15) is 13.9 Å². The molecule has 0 unspecified atom stereocenters. The second-order valence-electron chi connectivity index (χ2n) is 3.79. The van der Waals surface area contributed by atoms with Crippen molar-refractivity contribution in [2.75, 3.05) is 12.4 Å². The van der Waals surface area contributed by atoms with Gasteiger partial charge < -0.3 is 14.8 Å². The van der Waals surface area contributed by atoms with E-state index in [1.165, 1.54) is 31.5 Å². The lowest BCUT2D eigenvalue weighted by molar-refractivity contribution is -0.0512. The zero-order valence-electron chi connectivity index (χ0n) is 10.7. The van der Waals surface area contributed by atoms with Gasteiger partial charge >= 0.3 is 6.61 Å². The van der Waals surface area contributed by atoms with Gasteiger partial charge in [-0.3, -0.25) is 9.89 Å². The Hall–Kier alpha value is -2.16. The van der Waals surface area contributed by atoms with Crippen molar-refractivity contribution in [2.24, 2.45) is 0 Å². The van der Waals surface area contributed by atoms with E-state index in [1.807, 2.05) is 0 Å². The van der Waals surface area contributed by atoms with Gasteiger partial charge in [0, 0.05) is 11.8 Å². The number of amides is 1. The SMILES string of the molecule is COc1cc(NC(=O)c2[nH]ncc2Br)ccc1OC(F)F. The summed E-state index contributed by atoms with van der Waals surface area (Å²) in [6.45, 7) is -2.96. The maximum Gasteiger partial charge on any atom is 0.387 e. The minimum Gasteiger partial charge on any atom is -0.493 e. The van der Waals surface area contributed by atoms with Crippen LogP contribution in [0.4, 0.5) is 14.5 Å². The summed E-state index contributed by atoms with van der Waals surface area (Å²) >= 11 is 3.16. The maximum atomic E-state index is 12.2. The maximum absolute atomic E-state index is 12.2. The number of H-pyrrole nitrogens is 1. The van der Waals surface area contributed by atoms with E-state index < -0.39 is 12.5 Å². The third kappa shape index (κ3) is 3.69. The molecule has 1 aromatic heterocycles. The molecular formula is C12H10BrF2N3O3. The summed E-state index contributed by atoms with van der Waals surface area (Å²) in [6.07, 6.45) is 1.44. The van der Waals surface area contributed by atoms with Gasteiger partial charge in [0.2, 0.25) is 0 Å². The fraction of sp³-hybridized carbons (Fsp3) is 0.167. The molecule has 0 saturated carbocycles. The molecule has 6 nitrogen and oxygen atoms in total. The highest BCUT2D eigenvalue weighted by atomic mass is 79.9. The lowest BCUT2D eigenvalue weighted by Crippen LogP contribution is -2.13. The lowest BCUT2D eigenvalue weighted by atomic mass is 10.2. The number of aromatic amines is 1. The summed E-state index contributed by atoms with van der Waals surface area (Å²) in [5.41, 5.74) is 0.599. The smallest absolute Gasteiger partial charge is 0.387 e. The number of hydrogen-bond donors (Lipinski definition) is 2. The Balaban J connectivity index is 2.18. The molecule has 2 N–H and O–H groups in total. The van der Waals surface area contributed by atoms with E-state index in [9.17, 15) is 13.6 Å². The first-order valence-corrected chi connectivity index (χ1v) is 6.43. The first-order valence-electron chi connectivity index (χ1n) is 5.64. The number of aromatic nitrogens is 2. The van der Waals surface area contributed by atoms with E-state index in [1.54, 1.807) is 0 Å². The number of hydrogen-bond acceptors (Lipinski definition) is 4. The van der Waals surface area contributed by atoms with Gasteiger partial charge in [0.15, 0.2) is 11.5 Å². The van der Waals surface area contributed by atoms with Gasteiger partial charge in [0.05, 0.1) is 17.8 Å². The molecule has 0 spiro atoms. The lowest BCUT2D eigenvalue weighted by Gasteiger charge is -2.11. The van der Waals surface area contributed by atoms with E-state index in [-0.39, 0.29) is 17.2 Å². The third-order valence-electron chi connectivity index (χ3n) is 2.46. The van der Waals surface area contributed by atoms with Crippen molar-refractivity contribution in [2.45, 2.75) is 6.61 Å². The van der Waals surface area contributed by atoms with Crippen LogP contribution in [0.15, 0.2) is 28.9 Å². The van der Waals surface area contributed by atoms with Crippen LogP contribution in [0.5, 0.6) is 11.5 Å². The molecule has 0 saturated heterocycles. The molecule has 0 bridgehead atoms.